The van der Waals surface area contributed by atoms with Gasteiger partial charge in [0.2, 0.25) is 5.82 Å². The number of hydrogen-bond donors (Lipinski definition) is 2. The van der Waals surface area contributed by atoms with E-state index in [1.807, 2.05) is 0 Å². The van der Waals surface area contributed by atoms with E-state index in [-0.39, 0.29) is 23.5 Å². The van der Waals surface area contributed by atoms with E-state index in [1.54, 1.807) is 20.8 Å². The van der Waals surface area contributed by atoms with Gasteiger partial charge in [-0.25, -0.2) is 4.79 Å². The Labute approximate surface area is 170 Å². The molecule has 9 nitrogen and oxygen atoms in total. The molecule has 0 spiro atoms. The number of carbonyl (C=O) groups is 3. The molecule has 1 aromatic rings. The maximum Gasteiger partial charge on any atom is 0.408 e. The van der Waals surface area contributed by atoms with Crippen molar-refractivity contribution in [1.82, 2.24) is 5.32 Å². The van der Waals surface area contributed by atoms with Crippen molar-refractivity contribution in [2.75, 3.05) is 11.5 Å². The Morgan fingerprint density at radius 1 is 1.45 bits per heavy atom. The van der Waals surface area contributed by atoms with Gasteiger partial charge in [0.15, 0.2) is 5.78 Å². The SMILES string of the molecule is CC(C)(C)OC(=O)NC1CSCC(Cc2ccc([N+](=O)[O-])c(F)c2)(C(=O)O)C1=O. The molecule has 0 saturated carbocycles. The molecule has 0 bridgehead atoms. The van der Waals surface area contributed by atoms with Crippen LogP contribution in [0.15, 0.2) is 18.2 Å². The summed E-state index contributed by atoms with van der Waals surface area (Å²) < 4.78 is 19.0. The van der Waals surface area contributed by atoms with E-state index in [1.165, 1.54) is 6.07 Å². The van der Waals surface area contributed by atoms with E-state index in [0.717, 1.165) is 23.9 Å². The lowest BCUT2D eigenvalue weighted by atomic mass is 9.76. The van der Waals surface area contributed by atoms with Crippen molar-refractivity contribution < 1.29 is 33.5 Å². The summed E-state index contributed by atoms with van der Waals surface area (Å²) in [5, 5.41) is 22.9. The number of Topliss-reactive ketones (excluding diaryl/α,β-unsaturated/α-hetero) is 1. The van der Waals surface area contributed by atoms with Crippen LogP contribution in [0.5, 0.6) is 0 Å². The van der Waals surface area contributed by atoms with E-state index < -0.39 is 51.3 Å². The van der Waals surface area contributed by atoms with E-state index in [2.05, 4.69) is 5.32 Å². The molecule has 29 heavy (non-hydrogen) atoms. The van der Waals surface area contributed by atoms with Crippen molar-refractivity contribution in [2.45, 2.75) is 38.8 Å². The monoisotopic (exact) mass is 428 g/mol. The third-order valence-corrected chi connectivity index (χ3v) is 5.50. The fourth-order valence-corrected chi connectivity index (χ4v) is 4.23. The maximum absolute atomic E-state index is 13.9. The molecule has 1 aliphatic heterocycles. The number of aliphatic carboxylic acids is 1. The summed E-state index contributed by atoms with van der Waals surface area (Å²) in [6.45, 7) is 4.94. The number of carboxylic acid groups (broad SMARTS) is 1. The number of ketones is 1. The topological polar surface area (TPSA) is 136 Å². The van der Waals surface area contributed by atoms with Crippen molar-refractivity contribution in [3.8, 4) is 0 Å². The number of rotatable bonds is 5. The highest BCUT2D eigenvalue weighted by molar-refractivity contribution is 7.99. The number of ether oxygens (including phenoxy) is 1. The molecule has 11 heteroatoms. The van der Waals surface area contributed by atoms with Gasteiger partial charge >= 0.3 is 17.7 Å². The Kier molecular flexibility index (Phi) is 6.51. The number of carbonyl (C=O) groups excluding carboxylic acids is 2. The molecule has 1 heterocycles. The van der Waals surface area contributed by atoms with Crippen molar-refractivity contribution in [3.63, 3.8) is 0 Å². The average Bonchev–Trinajstić information content (AvgIpc) is 2.56. The van der Waals surface area contributed by atoms with Gasteiger partial charge in [0.1, 0.15) is 17.1 Å². The first kappa shape index (κ1) is 22.6. The summed E-state index contributed by atoms with van der Waals surface area (Å²) in [6.07, 6.45) is -1.21. The average molecular weight is 428 g/mol. The summed E-state index contributed by atoms with van der Waals surface area (Å²) in [7, 11) is 0. The van der Waals surface area contributed by atoms with Crippen LogP contribution in [0.2, 0.25) is 0 Å². The molecule has 0 radical (unpaired) electrons. The lowest BCUT2D eigenvalue weighted by Crippen LogP contribution is -2.58. The van der Waals surface area contributed by atoms with E-state index in [4.69, 9.17) is 4.74 Å². The lowest BCUT2D eigenvalue weighted by Gasteiger charge is -2.36. The summed E-state index contributed by atoms with van der Waals surface area (Å²) in [5.74, 6) is -3.17. The number of benzene rings is 1. The first-order valence-electron chi connectivity index (χ1n) is 8.63. The van der Waals surface area contributed by atoms with Crippen LogP contribution in [0, 0.1) is 21.3 Å². The highest BCUT2D eigenvalue weighted by Crippen LogP contribution is 2.36. The molecule has 2 atom stereocenters. The van der Waals surface area contributed by atoms with Gasteiger partial charge < -0.3 is 15.2 Å². The number of nitrogens with one attached hydrogen (secondary N) is 1. The molecule has 2 rings (SSSR count). The van der Waals surface area contributed by atoms with Crippen molar-refractivity contribution in [3.05, 3.63) is 39.7 Å². The van der Waals surface area contributed by atoms with Gasteiger partial charge in [-0.2, -0.15) is 16.2 Å². The number of thioether (sulfide) groups is 1. The minimum atomic E-state index is -1.91. The number of nitro groups is 1. The number of alkyl carbamates (subject to hydrolysis) is 1. The Balaban J connectivity index is 2.27. The quantitative estimate of drug-likeness (QED) is 0.415. The highest BCUT2D eigenvalue weighted by atomic mass is 32.2. The molecule has 1 fully saturated rings. The summed E-state index contributed by atoms with van der Waals surface area (Å²) in [6, 6.07) is 1.90. The van der Waals surface area contributed by atoms with Gasteiger partial charge in [-0.1, -0.05) is 6.07 Å². The zero-order valence-electron chi connectivity index (χ0n) is 16.1. The lowest BCUT2D eigenvalue weighted by molar-refractivity contribution is -0.387. The predicted molar refractivity (Wildman–Crippen MR) is 102 cm³/mol. The molecular formula is C18H21FN2O7S. The van der Waals surface area contributed by atoms with Gasteiger partial charge in [0.05, 0.1) is 4.92 Å². The zero-order chi connectivity index (χ0) is 22.0. The Hall–Kier alpha value is -2.69. The molecule has 158 valence electrons. The normalized spacial score (nSPS) is 22.1. The zero-order valence-corrected chi connectivity index (χ0v) is 16.9. The Morgan fingerprint density at radius 2 is 2.10 bits per heavy atom. The Morgan fingerprint density at radius 3 is 2.62 bits per heavy atom. The maximum atomic E-state index is 13.9. The number of amides is 1. The van der Waals surface area contributed by atoms with Gasteiger partial charge in [0, 0.05) is 17.6 Å². The van der Waals surface area contributed by atoms with Crippen LogP contribution in [-0.2, 0) is 20.7 Å². The van der Waals surface area contributed by atoms with Crippen molar-refractivity contribution >= 4 is 35.3 Å². The number of nitrogens with zero attached hydrogens (tertiary/aromatic N) is 1. The molecular weight excluding hydrogens is 407 g/mol. The molecule has 1 aliphatic rings. The van der Waals surface area contributed by atoms with Crippen LogP contribution in [0.25, 0.3) is 0 Å². The van der Waals surface area contributed by atoms with Gasteiger partial charge in [0.25, 0.3) is 0 Å². The molecule has 0 aliphatic carbocycles. The summed E-state index contributed by atoms with van der Waals surface area (Å²) >= 11 is 1.16. The van der Waals surface area contributed by atoms with Crippen LogP contribution in [0.1, 0.15) is 26.3 Å². The molecule has 0 aromatic heterocycles. The third kappa shape index (κ3) is 5.22. The number of nitro benzene ring substituents is 1. The molecule has 1 saturated heterocycles. The smallest absolute Gasteiger partial charge is 0.408 e. The Bertz CT molecular complexity index is 855. The first-order chi connectivity index (χ1) is 13.4. The minimum absolute atomic E-state index is 0.0771. The first-order valence-corrected chi connectivity index (χ1v) is 9.79. The molecule has 2 N–H and O–H groups in total. The summed E-state index contributed by atoms with van der Waals surface area (Å²) in [4.78, 5) is 46.9. The highest BCUT2D eigenvalue weighted by Gasteiger charge is 2.52. The predicted octanol–water partition coefficient (Wildman–Crippen LogP) is 2.56. The molecule has 1 amide bonds. The van der Waals surface area contributed by atoms with E-state index >= 15 is 0 Å². The van der Waals surface area contributed by atoms with Crippen LogP contribution in [0.3, 0.4) is 0 Å². The number of carboxylic acids is 1. The number of hydrogen-bond acceptors (Lipinski definition) is 7. The largest absolute Gasteiger partial charge is 0.480 e. The fourth-order valence-electron chi connectivity index (χ4n) is 2.93. The van der Waals surface area contributed by atoms with Crippen LogP contribution < -0.4 is 5.32 Å². The van der Waals surface area contributed by atoms with Gasteiger partial charge in [-0.05, 0) is 38.8 Å². The second-order valence-corrected chi connectivity index (χ2v) is 8.72. The van der Waals surface area contributed by atoms with E-state index in [9.17, 15) is 34.0 Å². The van der Waals surface area contributed by atoms with E-state index in [0.29, 0.717) is 0 Å². The molecule has 1 aromatic carbocycles. The van der Waals surface area contributed by atoms with Crippen LogP contribution >= 0.6 is 11.8 Å². The fraction of sp³-hybridized carbons (Fsp3) is 0.500. The summed E-state index contributed by atoms with van der Waals surface area (Å²) in [5.41, 5.74) is -3.32. The van der Waals surface area contributed by atoms with Crippen LogP contribution in [-0.4, -0.2) is 51.0 Å². The van der Waals surface area contributed by atoms with Crippen molar-refractivity contribution in [1.29, 1.82) is 0 Å². The third-order valence-electron chi connectivity index (χ3n) is 4.24. The minimum Gasteiger partial charge on any atom is -0.480 e. The van der Waals surface area contributed by atoms with Gasteiger partial charge in [-0.15, -0.1) is 0 Å². The number of halogens is 1. The molecule has 2 unspecified atom stereocenters. The van der Waals surface area contributed by atoms with Crippen LogP contribution in [0.4, 0.5) is 14.9 Å². The van der Waals surface area contributed by atoms with Gasteiger partial charge in [-0.3, -0.25) is 19.7 Å². The second-order valence-electron chi connectivity index (χ2n) is 7.69. The standard InChI is InChI=1S/C18H21FN2O7S/c1-17(2,3)28-16(25)20-12-8-29-9-18(14(12)22,15(23)24)7-10-4-5-13(21(26)27)11(19)6-10/h4-6,12H,7-9H2,1-3H3,(H,20,25)(H,23,24). The second kappa shape index (κ2) is 8.36. The van der Waals surface area contributed by atoms with Crippen molar-refractivity contribution in [2.24, 2.45) is 5.41 Å².